The molecule has 11 heteroatoms. The third kappa shape index (κ3) is 5.01. The van der Waals surface area contributed by atoms with Gasteiger partial charge in [-0.05, 0) is 57.0 Å². The Morgan fingerprint density at radius 2 is 1.48 bits per heavy atom. The van der Waals surface area contributed by atoms with Gasteiger partial charge in [0.25, 0.3) is 0 Å². The molecule has 2 heterocycles. The maximum absolute atomic E-state index is 13.3. The van der Waals surface area contributed by atoms with Gasteiger partial charge in [0.05, 0.1) is 23.0 Å². The predicted molar refractivity (Wildman–Crippen MR) is 115 cm³/mol. The third-order valence-corrected chi connectivity index (χ3v) is 9.71. The normalized spacial score (nSPS) is 26.3. The Labute approximate surface area is 184 Å². The highest BCUT2D eigenvalue weighted by Gasteiger charge is 2.39. The van der Waals surface area contributed by atoms with Crippen molar-refractivity contribution in [2.45, 2.75) is 54.6 Å². The van der Waals surface area contributed by atoms with Gasteiger partial charge in [-0.15, -0.1) is 0 Å². The first-order chi connectivity index (χ1) is 14.6. The molecule has 2 aliphatic rings. The minimum Gasteiger partial charge on any atom is -0.379 e. The number of ether oxygens (including phenoxy) is 1. The van der Waals surface area contributed by atoms with Crippen molar-refractivity contribution in [2.24, 2.45) is 0 Å². The molecule has 2 unspecified atom stereocenters. The molecule has 9 nitrogen and oxygen atoms in total. The molecule has 2 saturated heterocycles. The monoisotopic (exact) mass is 471 g/mol. The van der Waals surface area contributed by atoms with Crippen LogP contribution in [0.1, 0.15) is 26.7 Å². The minimum atomic E-state index is -3.83. The van der Waals surface area contributed by atoms with Crippen LogP contribution in [-0.2, 0) is 29.6 Å². The number of rotatable bonds is 6. The van der Waals surface area contributed by atoms with Crippen LogP contribution in [0, 0.1) is 0 Å². The van der Waals surface area contributed by atoms with E-state index in [2.05, 4.69) is 11.9 Å². The summed E-state index contributed by atoms with van der Waals surface area (Å²) < 4.78 is 60.1. The Hall–Kier alpha value is -1.79. The summed E-state index contributed by atoms with van der Waals surface area (Å²) in [5.74, 6) is -0.280. The molecule has 1 N–H and O–H groups in total. The van der Waals surface area contributed by atoms with E-state index in [1.165, 1.54) is 39.0 Å². The zero-order valence-corrected chi connectivity index (χ0v) is 19.4. The van der Waals surface area contributed by atoms with Crippen molar-refractivity contribution < 1.29 is 26.4 Å². The fourth-order valence-corrected chi connectivity index (χ4v) is 7.51. The Morgan fingerprint density at radius 3 is 1.97 bits per heavy atom. The molecule has 2 fully saturated rings. The SMILES string of the molecule is C=CC(=O)NC1CC(C)N(S(=O)(=O)c2ccc(S(=O)(=O)N3CCOCC3)cc2)C(C)C1. The first-order valence-electron chi connectivity index (χ1n) is 10.2. The van der Waals surface area contributed by atoms with E-state index < -0.39 is 20.0 Å². The predicted octanol–water partition coefficient (Wildman–Crippen LogP) is 0.940. The van der Waals surface area contributed by atoms with Gasteiger partial charge in [-0.25, -0.2) is 16.8 Å². The Balaban J connectivity index is 1.79. The summed E-state index contributed by atoms with van der Waals surface area (Å²) in [5, 5.41) is 2.84. The second kappa shape index (κ2) is 9.37. The van der Waals surface area contributed by atoms with E-state index in [4.69, 9.17) is 4.74 Å². The van der Waals surface area contributed by atoms with Gasteiger partial charge in [0.2, 0.25) is 26.0 Å². The number of amides is 1. The highest BCUT2D eigenvalue weighted by atomic mass is 32.2. The molecule has 0 saturated carbocycles. The summed E-state index contributed by atoms with van der Waals surface area (Å²) in [7, 11) is -7.53. The molecule has 1 aromatic carbocycles. The van der Waals surface area contributed by atoms with E-state index >= 15 is 0 Å². The number of morpholine rings is 1. The quantitative estimate of drug-likeness (QED) is 0.618. The van der Waals surface area contributed by atoms with Gasteiger partial charge in [0.1, 0.15) is 0 Å². The van der Waals surface area contributed by atoms with Crippen molar-refractivity contribution in [1.82, 2.24) is 13.9 Å². The van der Waals surface area contributed by atoms with E-state index in [0.29, 0.717) is 26.1 Å². The highest BCUT2D eigenvalue weighted by molar-refractivity contribution is 7.89. The van der Waals surface area contributed by atoms with Crippen molar-refractivity contribution in [3.63, 3.8) is 0 Å². The molecular weight excluding hydrogens is 442 g/mol. The number of sulfonamides is 2. The first kappa shape index (κ1) is 23.9. The van der Waals surface area contributed by atoms with Crippen LogP contribution >= 0.6 is 0 Å². The topological polar surface area (TPSA) is 113 Å². The number of benzene rings is 1. The minimum absolute atomic E-state index is 0.0423. The van der Waals surface area contributed by atoms with E-state index in [0.717, 1.165) is 0 Å². The molecule has 0 spiro atoms. The molecule has 172 valence electrons. The van der Waals surface area contributed by atoms with Crippen molar-refractivity contribution in [3.05, 3.63) is 36.9 Å². The van der Waals surface area contributed by atoms with Crippen LogP contribution in [0.2, 0.25) is 0 Å². The number of nitrogens with zero attached hydrogens (tertiary/aromatic N) is 2. The van der Waals surface area contributed by atoms with Gasteiger partial charge in [-0.1, -0.05) is 6.58 Å². The van der Waals surface area contributed by atoms with E-state index in [1.54, 1.807) is 13.8 Å². The Bertz CT molecular complexity index is 1010. The Kier molecular flexibility index (Phi) is 7.21. The van der Waals surface area contributed by atoms with Crippen LogP contribution < -0.4 is 5.32 Å². The lowest BCUT2D eigenvalue weighted by atomic mass is 9.95. The molecule has 0 aromatic heterocycles. The van der Waals surface area contributed by atoms with Gasteiger partial charge in [-0.2, -0.15) is 8.61 Å². The number of carbonyl (C=O) groups is 1. The van der Waals surface area contributed by atoms with Crippen LogP contribution in [0.15, 0.2) is 46.7 Å². The van der Waals surface area contributed by atoms with Crippen LogP contribution in [0.5, 0.6) is 0 Å². The van der Waals surface area contributed by atoms with Crippen LogP contribution in [-0.4, -0.2) is 75.8 Å². The molecule has 1 aromatic rings. The van der Waals surface area contributed by atoms with Gasteiger partial charge < -0.3 is 10.1 Å². The van der Waals surface area contributed by atoms with Gasteiger partial charge in [-0.3, -0.25) is 4.79 Å². The fourth-order valence-electron chi connectivity index (χ4n) is 4.26. The number of hydrogen-bond donors (Lipinski definition) is 1. The molecule has 31 heavy (non-hydrogen) atoms. The summed E-state index contributed by atoms with van der Waals surface area (Å²) in [6.07, 6.45) is 2.16. The lowest BCUT2D eigenvalue weighted by Crippen LogP contribution is -2.54. The molecule has 1 amide bonds. The molecule has 2 aliphatic heterocycles. The Morgan fingerprint density at radius 1 is 1.00 bits per heavy atom. The average molecular weight is 472 g/mol. The first-order valence-corrected chi connectivity index (χ1v) is 13.1. The lowest BCUT2D eigenvalue weighted by Gasteiger charge is -2.41. The van der Waals surface area contributed by atoms with E-state index in [1.807, 2.05) is 0 Å². The second-order valence-corrected chi connectivity index (χ2v) is 11.7. The summed E-state index contributed by atoms with van der Waals surface area (Å²) in [6.45, 7) is 8.27. The average Bonchev–Trinajstić information content (AvgIpc) is 2.73. The molecule has 3 rings (SSSR count). The number of piperidine rings is 1. The molecule has 0 radical (unpaired) electrons. The summed E-state index contributed by atoms with van der Waals surface area (Å²) in [5.41, 5.74) is 0. The standard InChI is InChI=1S/C20H29N3O6S2/c1-4-20(24)21-17-13-15(2)23(16(3)14-17)31(27,28)19-7-5-18(6-8-19)30(25,26)22-9-11-29-12-10-22/h4-8,15-17H,1,9-14H2,2-3H3,(H,21,24). The molecule has 2 atom stereocenters. The maximum atomic E-state index is 13.3. The van der Waals surface area contributed by atoms with E-state index in [9.17, 15) is 21.6 Å². The van der Waals surface area contributed by atoms with E-state index in [-0.39, 0.29) is 46.9 Å². The van der Waals surface area contributed by atoms with Crippen LogP contribution in [0.3, 0.4) is 0 Å². The summed E-state index contributed by atoms with van der Waals surface area (Å²) >= 11 is 0. The van der Waals surface area contributed by atoms with Crippen molar-refractivity contribution in [1.29, 1.82) is 0 Å². The molecule has 0 bridgehead atoms. The largest absolute Gasteiger partial charge is 0.379 e. The van der Waals surface area contributed by atoms with Crippen LogP contribution in [0.4, 0.5) is 0 Å². The smallest absolute Gasteiger partial charge is 0.243 e. The summed E-state index contributed by atoms with van der Waals surface area (Å²) in [6, 6.07) is 4.56. The van der Waals surface area contributed by atoms with Gasteiger partial charge in [0, 0.05) is 31.2 Å². The maximum Gasteiger partial charge on any atom is 0.243 e. The van der Waals surface area contributed by atoms with Crippen molar-refractivity contribution >= 4 is 26.0 Å². The van der Waals surface area contributed by atoms with Crippen LogP contribution in [0.25, 0.3) is 0 Å². The number of nitrogens with one attached hydrogen (secondary N) is 1. The molecule has 0 aliphatic carbocycles. The van der Waals surface area contributed by atoms with Crippen molar-refractivity contribution in [3.8, 4) is 0 Å². The lowest BCUT2D eigenvalue weighted by molar-refractivity contribution is -0.117. The highest BCUT2D eigenvalue weighted by Crippen LogP contribution is 2.30. The van der Waals surface area contributed by atoms with Gasteiger partial charge >= 0.3 is 0 Å². The summed E-state index contributed by atoms with van der Waals surface area (Å²) in [4.78, 5) is 11.7. The number of hydrogen-bond acceptors (Lipinski definition) is 6. The zero-order valence-electron chi connectivity index (χ0n) is 17.7. The molecular formula is C20H29N3O6S2. The fraction of sp³-hybridized carbons (Fsp3) is 0.550. The van der Waals surface area contributed by atoms with Crippen molar-refractivity contribution in [2.75, 3.05) is 26.3 Å². The number of carbonyl (C=O) groups excluding carboxylic acids is 1. The third-order valence-electron chi connectivity index (χ3n) is 5.66. The zero-order chi connectivity index (χ0) is 22.8. The second-order valence-electron chi connectivity index (χ2n) is 7.90. The van der Waals surface area contributed by atoms with Gasteiger partial charge in [0.15, 0.2) is 0 Å².